The second-order valence-corrected chi connectivity index (χ2v) is 13.3. The van der Waals surface area contributed by atoms with Crippen LogP contribution in [-0.4, -0.2) is 67.4 Å². The van der Waals surface area contributed by atoms with Gasteiger partial charge in [-0.25, -0.2) is 4.98 Å². The Bertz CT molecular complexity index is 1770. The predicted octanol–water partition coefficient (Wildman–Crippen LogP) is 6.19. The Morgan fingerprint density at radius 1 is 0.977 bits per heavy atom. The Hall–Kier alpha value is -4.29. The number of aromatic nitrogens is 4. The summed E-state index contributed by atoms with van der Waals surface area (Å²) < 4.78 is 2.80. The van der Waals surface area contributed by atoms with E-state index in [-0.39, 0.29) is 22.8 Å². The molecule has 220 valence electrons. The number of nitrogens with zero attached hydrogens (tertiary/aromatic N) is 7. The Kier molecular flexibility index (Phi) is 7.89. The lowest BCUT2D eigenvalue weighted by Gasteiger charge is -2.34. The maximum atomic E-state index is 13.3. The van der Waals surface area contributed by atoms with E-state index >= 15 is 0 Å². The molecule has 1 aliphatic rings. The van der Waals surface area contributed by atoms with E-state index in [0.717, 1.165) is 32.4 Å². The molecule has 10 nitrogen and oxygen atoms in total. The van der Waals surface area contributed by atoms with Crippen molar-refractivity contribution in [3.8, 4) is 17.1 Å². The van der Waals surface area contributed by atoms with Crippen LogP contribution in [0.25, 0.3) is 27.3 Å². The summed E-state index contributed by atoms with van der Waals surface area (Å²) in [4.78, 5) is 32.7. The third kappa shape index (κ3) is 6.11. The second kappa shape index (κ2) is 11.8. The van der Waals surface area contributed by atoms with Crippen LogP contribution in [0.4, 0.5) is 10.8 Å². The van der Waals surface area contributed by atoms with Gasteiger partial charge < -0.3 is 9.80 Å². The highest BCUT2D eigenvalue weighted by molar-refractivity contribution is 7.99. The van der Waals surface area contributed by atoms with Crippen LogP contribution >= 0.6 is 23.1 Å². The first kappa shape index (κ1) is 28.8. The molecule has 3 aromatic carbocycles. The molecule has 3 heterocycles. The van der Waals surface area contributed by atoms with Crippen LogP contribution in [-0.2, 0) is 10.2 Å². The number of hydrogen-bond donors (Lipinski definition) is 0. The molecule has 0 saturated carbocycles. The fourth-order valence-corrected chi connectivity index (χ4v) is 6.90. The van der Waals surface area contributed by atoms with Crippen LogP contribution in [0.2, 0.25) is 0 Å². The number of thioether (sulfide) groups is 1. The predicted molar refractivity (Wildman–Crippen MR) is 171 cm³/mol. The van der Waals surface area contributed by atoms with Gasteiger partial charge in [-0.15, -0.1) is 10.2 Å². The number of piperazine rings is 1. The number of para-hydroxylation sites is 1. The van der Waals surface area contributed by atoms with Crippen LogP contribution < -0.4 is 4.90 Å². The van der Waals surface area contributed by atoms with Gasteiger partial charge in [-0.1, -0.05) is 86.3 Å². The maximum Gasteiger partial charge on any atom is 0.270 e. The summed E-state index contributed by atoms with van der Waals surface area (Å²) in [5.41, 5.74) is 4.00. The molecule has 0 spiro atoms. The van der Waals surface area contributed by atoms with E-state index in [2.05, 4.69) is 65.1 Å². The van der Waals surface area contributed by atoms with Crippen LogP contribution in [0.15, 0.2) is 78.0 Å². The molecule has 0 unspecified atom stereocenters. The van der Waals surface area contributed by atoms with Gasteiger partial charge in [0.05, 0.1) is 20.9 Å². The summed E-state index contributed by atoms with van der Waals surface area (Å²) in [6.45, 7) is 9.02. The van der Waals surface area contributed by atoms with Crippen molar-refractivity contribution < 1.29 is 9.72 Å². The smallest absolute Gasteiger partial charge is 0.270 e. The fourth-order valence-electron chi connectivity index (χ4n) is 4.99. The first-order valence-electron chi connectivity index (χ1n) is 14.0. The molecular weight excluding hydrogens is 583 g/mol. The minimum atomic E-state index is -0.394. The molecular formula is C31H31N7O3S2. The van der Waals surface area contributed by atoms with Crippen LogP contribution in [0.3, 0.4) is 0 Å². The van der Waals surface area contributed by atoms with E-state index in [0.29, 0.717) is 31.3 Å². The number of thiazole rings is 1. The summed E-state index contributed by atoms with van der Waals surface area (Å²) >= 11 is 2.83. The Balaban J connectivity index is 1.13. The van der Waals surface area contributed by atoms with Crippen molar-refractivity contribution in [3.05, 3.63) is 88.5 Å². The number of rotatable bonds is 7. The number of fused-ring (bicyclic) bond motifs is 1. The molecule has 0 atom stereocenters. The maximum absolute atomic E-state index is 13.3. The monoisotopic (exact) mass is 613 g/mol. The van der Waals surface area contributed by atoms with Gasteiger partial charge in [-0.2, -0.15) is 0 Å². The van der Waals surface area contributed by atoms with E-state index in [1.807, 2.05) is 39.8 Å². The molecule has 1 aliphatic heterocycles. The van der Waals surface area contributed by atoms with Crippen molar-refractivity contribution in [1.82, 2.24) is 24.6 Å². The van der Waals surface area contributed by atoms with E-state index < -0.39 is 4.92 Å². The zero-order chi connectivity index (χ0) is 30.1. The molecule has 0 bridgehead atoms. The number of hydrogen-bond acceptors (Lipinski definition) is 9. The number of benzene rings is 3. The third-order valence-electron chi connectivity index (χ3n) is 7.46. The first-order valence-corrected chi connectivity index (χ1v) is 15.8. The summed E-state index contributed by atoms with van der Waals surface area (Å²) in [5, 5.41) is 21.6. The van der Waals surface area contributed by atoms with Crippen LogP contribution in [0, 0.1) is 10.1 Å². The molecule has 12 heteroatoms. The molecule has 43 heavy (non-hydrogen) atoms. The van der Waals surface area contributed by atoms with Gasteiger partial charge in [-0.05, 0) is 29.2 Å². The Morgan fingerprint density at radius 2 is 1.70 bits per heavy atom. The Morgan fingerprint density at radius 3 is 2.37 bits per heavy atom. The van der Waals surface area contributed by atoms with E-state index in [4.69, 9.17) is 0 Å². The number of carbonyl (C=O) groups is 1. The Labute approximate surface area is 257 Å². The highest BCUT2D eigenvalue weighted by Crippen LogP contribution is 2.33. The lowest BCUT2D eigenvalue weighted by molar-refractivity contribution is -0.384. The third-order valence-corrected chi connectivity index (χ3v) is 9.45. The summed E-state index contributed by atoms with van der Waals surface area (Å²) in [7, 11) is 0. The van der Waals surface area contributed by atoms with E-state index in [9.17, 15) is 14.9 Å². The molecule has 0 aliphatic carbocycles. The fraction of sp³-hybridized carbons (Fsp3) is 0.290. The molecule has 6 rings (SSSR count). The van der Waals surface area contributed by atoms with Crippen molar-refractivity contribution in [1.29, 1.82) is 0 Å². The van der Waals surface area contributed by atoms with Gasteiger partial charge in [0, 0.05) is 49.6 Å². The van der Waals surface area contributed by atoms with Crippen LogP contribution in [0.5, 0.6) is 0 Å². The largest absolute Gasteiger partial charge is 0.345 e. The molecule has 0 N–H and O–H groups in total. The summed E-state index contributed by atoms with van der Waals surface area (Å²) in [6, 6.07) is 23.1. The lowest BCUT2D eigenvalue weighted by Crippen LogP contribution is -2.49. The summed E-state index contributed by atoms with van der Waals surface area (Å²) in [5.74, 6) is 1.03. The second-order valence-electron chi connectivity index (χ2n) is 11.4. The van der Waals surface area contributed by atoms with Gasteiger partial charge in [0.25, 0.3) is 5.69 Å². The molecule has 1 fully saturated rings. The van der Waals surface area contributed by atoms with Crippen molar-refractivity contribution in [3.63, 3.8) is 0 Å². The average Bonchev–Trinajstić information content (AvgIpc) is 3.64. The molecule has 1 amide bonds. The van der Waals surface area contributed by atoms with Crippen molar-refractivity contribution >= 4 is 50.0 Å². The van der Waals surface area contributed by atoms with Gasteiger partial charge in [-0.3, -0.25) is 19.5 Å². The zero-order valence-electron chi connectivity index (χ0n) is 24.1. The highest BCUT2D eigenvalue weighted by atomic mass is 32.2. The topological polar surface area (TPSA) is 110 Å². The number of nitro benzene ring substituents is 1. The number of anilines is 1. The molecule has 2 aromatic heterocycles. The number of amides is 1. The quantitative estimate of drug-likeness (QED) is 0.121. The van der Waals surface area contributed by atoms with Gasteiger partial charge in [0.1, 0.15) is 0 Å². The highest BCUT2D eigenvalue weighted by Gasteiger charge is 2.25. The first-order chi connectivity index (χ1) is 20.7. The van der Waals surface area contributed by atoms with Gasteiger partial charge >= 0.3 is 0 Å². The van der Waals surface area contributed by atoms with Crippen LogP contribution in [0.1, 0.15) is 26.3 Å². The van der Waals surface area contributed by atoms with Crippen molar-refractivity contribution in [2.45, 2.75) is 31.3 Å². The van der Waals surface area contributed by atoms with Gasteiger partial charge in [0.15, 0.2) is 16.1 Å². The SMILES string of the molecule is CC(C)(C)c1ccc(-c2nnc(SCC(=O)N3CCN(c4nc5ccc([N+](=O)[O-])cc5s4)CC3)n2-c2ccccc2)cc1. The molecule has 0 radical (unpaired) electrons. The average molecular weight is 614 g/mol. The lowest BCUT2D eigenvalue weighted by atomic mass is 9.87. The van der Waals surface area contributed by atoms with E-state index in [1.165, 1.54) is 34.7 Å². The minimum Gasteiger partial charge on any atom is -0.345 e. The minimum absolute atomic E-state index is 0.0447. The van der Waals surface area contributed by atoms with Gasteiger partial charge in [0.2, 0.25) is 5.91 Å². The van der Waals surface area contributed by atoms with E-state index in [1.54, 1.807) is 12.1 Å². The number of nitro groups is 1. The van der Waals surface area contributed by atoms with Crippen molar-refractivity contribution in [2.75, 3.05) is 36.8 Å². The number of carbonyl (C=O) groups excluding carboxylic acids is 1. The zero-order valence-corrected chi connectivity index (χ0v) is 25.8. The number of non-ortho nitro benzene ring substituents is 1. The summed E-state index contributed by atoms with van der Waals surface area (Å²) in [6.07, 6.45) is 0. The molecule has 5 aromatic rings. The van der Waals surface area contributed by atoms with Crippen molar-refractivity contribution in [2.24, 2.45) is 0 Å². The molecule has 1 saturated heterocycles. The standard InChI is InChI=1S/C31H31N7O3S2/c1-31(2,3)22-11-9-21(10-12-22)28-33-34-30(37(28)23-7-5-4-6-8-23)42-20-27(39)35-15-17-36(18-16-35)29-32-25-14-13-24(38(40)41)19-26(25)43-29/h4-14,19H,15-18,20H2,1-3H3. The normalized spacial score (nSPS) is 13.9.